The largest absolute Gasteiger partial charge is 0.335 e. The van der Waals surface area contributed by atoms with E-state index >= 15 is 0 Å². The first kappa shape index (κ1) is 46.2. The van der Waals surface area contributed by atoms with Crippen molar-refractivity contribution >= 4 is 47.0 Å². The van der Waals surface area contributed by atoms with Crippen molar-refractivity contribution in [1.82, 2.24) is 29.4 Å². The maximum Gasteiger partial charge on any atom is 0.253 e. The number of piperazine rings is 3. The van der Waals surface area contributed by atoms with Crippen LogP contribution in [0.25, 0.3) is 0 Å². The van der Waals surface area contributed by atoms with E-state index in [0.717, 1.165) is 51.4 Å². The summed E-state index contributed by atoms with van der Waals surface area (Å²) in [6.07, 6.45) is 8.06. The molecule has 0 N–H and O–H groups in total. The average Bonchev–Trinajstić information content (AvgIpc) is 4.17. The second-order valence-corrected chi connectivity index (χ2v) is 18.8. The van der Waals surface area contributed by atoms with Crippen molar-refractivity contribution < 1.29 is 38.4 Å². The third-order valence-electron chi connectivity index (χ3n) is 14.6. The van der Waals surface area contributed by atoms with Crippen LogP contribution in [0.3, 0.4) is 0 Å². The van der Waals surface area contributed by atoms with E-state index in [1.165, 1.54) is 0 Å². The Morgan fingerprint density at radius 3 is 0.559 bits per heavy atom. The molecule has 2 aliphatic carbocycles. The van der Waals surface area contributed by atoms with E-state index in [0.29, 0.717) is 123 Å². The van der Waals surface area contributed by atoms with Gasteiger partial charge < -0.3 is 29.4 Å². The van der Waals surface area contributed by atoms with Gasteiger partial charge in [0.1, 0.15) is 0 Å². The minimum atomic E-state index is -0.187. The van der Waals surface area contributed by atoms with Gasteiger partial charge in [-0.2, -0.15) is 0 Å². The second-order valence-electron chi connectivity index (χ2n) is 18.8. The summed E-state index contributed by atoms with van der Waals surface area (Å²) in [5, 5.41) is 0. The minimum absolute atomic E-state index is 0.0826. The summed E-state index contributed by atoms with van der Waals surface area (Å²) in [4.78, 5) is 116. The molecule has 4 aromatic rings. The van der Waals surface area contributed by atoms with Crippen LogP contribution in [0.4, 0.5) is 0 Å². The standard InChI is InChI=1S/C54H58N6O8/c61-47(37-5-1-2-6-37)39-9-13-41(14-10-39)49(63)55-25-29-57(30-26-55)51(65)43-17-21-45(22-18-43)53(67)59-33-35-60(36-34-59)54(68)46-23-19-44(20-24-46)52(66)58-31-27-56(28-32-58)50(64)42-15-11-40(12-16-42)48(62)38-7-3-4-8-38/h9-24,37-38H,1-8,25-36H2. The van der Waals surface area contributed by atoms with Gasteiger partial charge >= 0.3 is 0 Å². The van der Waals surface area contributed by atoms with Gasteiger partial charge in [0.2, 0.25) is 0 Å². The van der Waals surface area contributed by atoms with Crippen molar-refractivity contribution in [1.29, 1.82) is 0 Å². The Hall–Kier alpha value is -6.96. The van der Waals surface area contributed by atoms with Gasteiger partial charge in [-0.3, -0.25) is 38.4 Å². The molecule has 0 aromatic heterocycles. The third-order valence-corrected chi connectivity index (χ3v) is 14.6. The molecule has 0 spiro atoms. The third kappa shape index (κ3) is 10.00. The van der Waals surface area contributed by atoms with Gasteiger partial charge in [0, 0.05) is 135 Å². The van der Waals surface area contributed by atoms with Crippen molar-refractivity contribution in [3.05, 3.63) is 142 Å². The van der Waals surface area contributed by atoms with Crippen molar-refractivity contribution in [2.24, 2.45) is 11.8 Å². The zero-order chi connectivity index (χ0) is 47.3. The second kappa shape index (κ2) is 20.5. The van der Waals surface area contributed by atoms with Crippen LogP contribution in [-0.2, 0) is 0 Å². The van der Waals surface area contributed by atoms with Gasteiger partial charge in [0.05, 0.1) is 0 Å². The molecule has 3 saturated heterocycles. The number of Topliss-reactive ketones (excluding diaryl/α,β-unsaturated/α-hetero) is 2. The van der Waals surface area contributed by atoms with Gasteiger partial charge in [-0.25, -0.2) is 0 Å². The van der Waals surface area contributed by atoms with Gasteiger partial charge in [-0.1, -0.05) is 49.9 Å². The van der Waals surface area contributed by atoms with E-state index in [1.807, 2.05) is 0 Å². The minimum Gasteiger partial charge on any atom is -0.335 e. The lowest BCUT2D eigenvalue weighted by Gasteiger charge is -2.35. The van der Waals surface area contributed by atoms with E-state index in [4.69, 9.17) is 0 Å². The molecule has 0 radical (unpaired) electrons. The van der Waals surface area contributed by atoms with Crippen molar-refractivity contribution in [3.63, 3.8) is 0 Å². The van der Waals surface area contributed by atoms with E-state index < -0.39 is 0 Å². The number of hydrogen-bond donors (Lipinski definition) is 0. The SMILES string of the molecule is O=C(c1ccc(C(=O)N2CCN(C(=O)c3ccc(C(=O)N4CCN(C(=O)c5ccc(C(=O)N6CCN(C(=O)c7ccc(C(=O)C8CCCC8)cc7)CC6)cc5)CC4)cc3)CC2)cc1)C1CCCC1. The summed E-state index contributed by atoms with van der Waals surface area (Å²) in [5.74, 6) is -0.490. The van der Waals surface area contributed by atoms with Crippen LogP contribution in [0, 0.1) is 11.8 Å². The molecule has 3 aliphatic heterocycles. The van der Waals surface area contributed by atoms with Crippen LogP contribution in [0.15, 0.2) is 97.1 Å². The molecule has 2 saturated carbocycles. The summed E-state index contributed by atoms with van der Waals surface area (Å²) in [6.45, 7) is 4.40. The highest BCUT2D eigenvalue weighted by molar-refractivity contribution is 6.02. The lowest BCUT2D eigenvalue weighted by molar-refractivity contribution is 0.0532. The molecule has 9 rings (SSSR count). The summed E-state index contributed by atoms with van der Waals surface area (Å²) in [6, 6.07) is 27.1. The van der Waals surface area contributed by atoms with Gasteiger partial charge in [-0.05, 0) is 98.5 Å². The fraction of sp³-hybridized carbons (Fsp3) is 0.407. The van der Waals surface area contributed by atoms with Crippen LogP contribution < -0.4 is 0 Å². The number of nitrogens with zero attached hydrogens (tertiary/aromatic N) is 6. The predicted molar refractivity (Wildman–Crippen MR) is 254 cm³/mol. The highest BCUT2D eigenvalue weighted by atomic mass is 16.2. The topological polar surface area (TPSA) is 156 Å². The molecule has 5 aliphatic rings. The molecule has 6 amide bonds. The zero-order valence-electron chi connectivity index (χ0n) is 38.5. The molecular weight excluding hydrogens is 861 g/mol. The van der Waals surface area contributed by atoms with E-state index in [2.05, 4.69) is 0 Å². The lowest BCUT2D eigenvalue weighted by atomic mass is 9.95. The Bertz CT molecular complexity index is 2360. The van der Waals surface area contributed by atoms with Crippen LogP contribution in [0.2, 0.25) is 0 Å². The molecule has 14 heteroatoms. The summed E-state index contributed by atoms with van der Waals surface area (Å²) in [5.41, 5.74) is 4.13. The number of carbonyl (C=O) groups is 8. The molecule has 3 heterocycles. The first-order valence-corrected chi connectivity index (χ1v) is 24.3. The Morgan fingerprint density at radius 2 is 0.397 bits per heavy atom. The van der Waals surface area contributed by atoms with Crippen LogP contribution >= 0.6 is 0 Å². The van der Waals surface area contributed by atoms with Crippen LogP contribution in [0.1, 0.15) is 134 Å². The molecule has 14 nitrogen and oxygen atoms in total. The van der Waals surface area contributed by atoms with Crippen LogP contribution in [0.5, 0.6) is 0 Å². The maximum atomic E-state index is 13.5. The molecule has 68 heavy (non-hydrogen) atoms. The van der Waals surface area contributed by atoms with Gasteiger partial charge in [0.25, 0.3) is 35.4 Å². The highest BCUT2D eigenvalue weighted by Crippen LogP contribution is 2.30. The summed E-state index contributed by atoms with van der Waals surface area (Å²) >= 11 is 0. The smallest absolute Gasteiger partial charge is 0.253 e. The lowest BCUT2D eigenvalue weighted by Crippen LogP contribution is -2.51. The van der Waals surface area contributed by atoms with Gasteiger partial charge in [0.15, 0.2) is 11.6 Å². The Labute approximate surface area is 396 Å². The summed E-state index contributed by atoms with van der Waals surface area (Å²) in [7, 11) is 0. The van der Waals surface area contributed by atoms with Crippen molar-refractivity contribution in [3.8, 4) is 0 Å². The normalized spacial score (nSPS) is 18.2. The molecule has 352 valence electrons. The number of benzene rings is 4. The highest BCUT2D eigenvalue weighted by Gasteiger charge is 2.31. The molecule has 4 aromatic carbocycles. The number of ketones is 2. The van der Waals surface area contributed by atoms with E-state index in [1.54, 1.807) is 126 Å². The monoisotopic (exact) mass is 918 g/mol. The first-order valence-electron chi connectivity index (χ1n) is 24.3. The Balaban J connectivity index is 0.695. The Kier molecular flexibility index (Phi) is 13.9. The number of rotatable bonds is 10. The zero-order valence-corrected chi connectivity index (χ0v) is 38.5. The number of carbonyl (C=O) groups excluding carboxylic acids is 8. The average molecular weight is 919 g/mol. The number of amides is 6. The molecule has 0 unspecified atom stereocenters. The number of hydrogen-bond acceptors (Lipinski definition) is 8. The fourth-order valence-corrected chi connectivity index (χ4v) is 10.3. The maximum absolute atomic E-state index is 13.5. The summed E-state index contributed by atoms with van der Waals surface area (Å²) < 4.78 is 0. The predicted octanol–water partition coefficient (Wildman–Crippen LogP) is 6.23. The molecular formula is C54H58N6O8. The van der Waals surface area contributed by atoms with Crippen molar-refractivity contribution in [2.45, 2.75) is 51.4 Å². The van der Waals surface area contributed by atoms with E-state index in [-0.39, 0.29) is 58.8 Å². The fourth-order valence-electron chi connectivity index (χ4n) is 10.3. The molecule has 5 fully saturated rings. The molecule has 0 bridgehead atoms. The quantitative estimate of drug-likeness (QED) is 0.170. The van der Waals surface area contributed by atoms with Crippen LogP contribution in [-0.4, -0.2) is 155 Å². The molecule has 0 atom stereocenters. The van der Waals surface area contributed by atoms with Crippen molar-refractivity contribution in [2.75, 3.05) is 78.5 Å². The van der Waals surface area contributed by atoms with E-state index in [9.17, 15) is 38.4 Å². The van der Waals surface area contributed by atoms with Gasteiger partial charge in [-0.15, -0.1) is 0 Å². The Morgan fingerprint density at radius 1 is 0.250 bits per heavy atom. The first-order chi connectivity index (χ1) is 33.0.